The molecule has 0 aliphatic carbocycles. The number of rotatable bonds is 6. The van der Waals surface area contributed by atoms with Gasteiger partial charge in [0.25, 0.3) is 0 Å². The van der Waals surface area contributed by atoms with Gasteiger partial charge < -0.3 is 4.57 Å². The molecule has 21 heavy (non-hydrogen) atoms. The largest absolute Gasteiger partial charge is 0.327 e. The van der Waals surface area contributed by atoms with Crippen LogP contribution in [0.5, 0.6) is 0 Å². The number of nitrogens with one attached hydrogen (secondary N) is 1. The molecule has 1 aromatic heterocycles. The molecule has 0 bridgehead atoms. The van der Waals surface area contributed by atoms with Gasteiger partial charge in [-0.1, -0.05) is 0 Å². The third-order valence-corrected chi connectivity index (χ3v) is 4.49. The van der Waals surface area contributed by atoms with Crippen LogP contribution >= 0.6 is 27.5 Å². The lowest BCUT2D eigenvalue weighted by Crippen LogP contribution is -2.24. The number of sulfonamides is 1. The Balaban J connectivity index is 2.23. The van der Waals surface area contributed by atoms with Crippen molar-refractivity contribution in [2.75, 3.05) is 12.8 Å². The van der Waals surface area contributed by atoms with Gasteiger partial charge in [-0.2, -0.15) is 0 Å². The number of aromatic nitrogens is 2. The van der Waals surface area contributed by atoms with E-state index in [0.717, 1.165) is 6.26 Å². The van der Waals surface area contributed by atoms with E-state index in [-0.39, 0.29) is 11.7 Å². The summed E-state index contributed by atoms with van der Waals surface area (Å²) >= 11 is 8.99. The van der Waals surface area contributed by atoms with E-state index in [1.165, 1.54) is 6.07 Å². The molecule has 0 aliphatic rings. The lowest BCUT2D eigenvalue weighted by atomic mass is 10.3. The topological polar surface area (TPSA) is 64.0 Å². The number of hydrogen-bond donors (Lipinski definition) is 1. The van der Waals surface area contributed by atoms with Gasteiger partial charge in [-0.25, -0.2) is 22.5 Å². The van der Waals surface area contributed by atoms with Crippen LogP contribution in [0.15, 0.2) is 16.6 Å². The molecule has 0 amide bonds. The molecule has 0 fully saturated rings. The highest BCUT2D eigenvalue weighted by Crippen LogP contribution is 2.25. The third kappa shape index (κ3) is 4.15. The summed E-state index contributed by atoms with van der Waals surface area (Å²) in [6.45, 7) is 0.807. The number of benzene rings is 1. The Hall–Kier alpha value is -0.700. The normalized spacial score (nSPS) is 12.2. The van der Waals surface area contributed by atoms with Crippen molar-refractivity contribution in [1.82, 2.24) is 14.3 Å². The van der Waals surface area contributed by atoms with Gasteiger partial charge in [0.1, 0.15) is 11.6 Å². The summed E-state index contributed by atoms with van der Waals surface area (Å²) in [7, 11) is -3.20. The second-order valence-corrected chi connectivity index (χ2v) is 7.54. The quantitative estimate of drug-likeness (QED) is 0.601. The summed E-state index contributed by atoms with van der Waals surface area (Å²) < 4.78 is 40.3. The van der Waals surface area contributed by atoms with E-state index in [1.54, 1.807) is 6.07 Å². The molecule has 0 saturated heterocycles. The summed E-state index contributed by atoms with van der Waals surface area (Å²) in [5, 5.41) is 0. The molecule has 2 aromatic rings. The minimum absolute atomic E-state index is 0.202. The van der Waals surface area contributed by atoms with Gasteiger partial charge in [0, 0.05) is 19.2 Å². The van der Waals surface area contributed by atoms with E-state index >= 15 is 0 Å². The van der Waals surface area contributed by atoms with Crippen LogP contribution in [0.4, 0.5) is 4.39 Å². The Kier molecular flexibility index (Phi) is 5.24. The zero-order valence-electron chi connectivity index (χ0n) is 11.2. The van der Waals surface area contributed by atoms with Crippen molar-refractivity contribution in [3.63, 3.8) is 0 Å². The van der Waals surface area contributed by atoms with Gasteiger partial charge in [-0.15, -0.1) is 11.6 Å². The minimum Gasteiger partial charge on any atom is -0.327 e. The average Bonchev–Trinajstić information content (AvgIpc) is 2.71. The molecule has 0 unspecified atom stereocenters. The standard InChI is InChI=1S/C12H14BrClFN3O2S/c1-21(19,20)16-3-2-4-18-11-6-9(15)8(13)5-10(11)17-12(18)7-14/h5-6,16H,2-4,7H2,1H3. The first-order chi connectivity index (χ1) is 9.81. The number of aryl methyl sites for hydroxylation is 1. The highest BCUT2D eigenvalue weighted by atomic mass is 79.9. The molecule has 5 nitrogen and oxygen atoms in total. The van der Waals surface area contributed by atoms with E-state index < -0.39 is 10.0 Å². The molecule has 0 spiro atoms. The van der Waals surface area contributed by atoms with Crippen LogP contribution < -0.4 is 4.72 Å². The Morgan fingerprint density at radius 3 is 2.81 bits per heavy atom. The molecule has 1 N–H and O–H groups in total. The zero-order chi connectivity index (χ0) is 15.6. The molecule has 0 aliphatic heterocycles. The van der Waals surface area contributed by atoms with Crippen LogP contribution in [-0.4, -0.2) is 30.8 Å². The second-order valence-electron chi connectivity index (χ2n) is 4.59. The van der Waals surface area contributed by atoms with Gasteiger partial charge in [0.2, 0.25) is 10.0 Å². The molecule has 0 atom stereocenters. The number of nitrogens with zero attached hydrogens (tertiary/aromatic N) is 2. The SMILES string of the molecule is CS(=O)(=O)NCCCn1c(CCl)nc2cc(Br)c(F)cc21. The van der Waals surface area contributed by atoms with Gasteiger partial charge in [0.05, 0.1) is 27.6 Å². The van der Waals surface area contributed by atoms with Crippen LogP contribution in [0.25, 0.3) is 11.0 Å². The lowest BCUT2D eigenvalue weighted by molar-refractivity contribution is 0.574. The van der Waals surface area contributed by atoms with Crippen LogP contribution in [0.1, 0.15) is 12.2 Å². The van der Waals surface area contributed by atoms with Gasteiger partial charge in [-0.05, 0) is 28.4 Å². The molecule has 0 radical (unpaired) electrons. The molecule has 1 aromatic carbocycles. The van der Waals surface area contributed by atoms with Crippen molar-refractivity contribution in [3.8, 4) is 0 Å². The first kappa shape index (κ1) is 16.7. The van der Waals surface area contributed by atoms with Crippen molar-refractivity contribution >= 4 is 48.6 Å². The van der Waals surface area contributed by atoms with Crippen LogP contribution in [0.3, 0.4) is 0 Å². The maximum Gasteiger partial charge on any atom is 0.208 e. The Morgan fingerprint density at radius 2 is 2.19 bits per heavy atom. The van der Waals surface area contributed by atoms with Gasteiger partial charge in [0.15, 0.2) is 0 Å². The van der Waals surface area contributed by atoms with Crippen molar-refractivity contribution in [2.24, 2.45) is 0 Å². The fraction of sp³-hybridized carbons (Fsp3) is 0.417. The Labute approximate surface area is 135 Å². The second kappa shape index (κ2) is 6.60. The highest BCUT2D eigenvalue weighted by Gasteiger charge is 2.13. The fourth-order valence-electron chi connectivity index (χ4n) is 2.02. The molecule has 2 rings (SSSR count). The molecule has 1 heterocycles. The van der Waals surface area contributed by atoms with Crippen molar-refractivity contribution in [1.29, 1.82) is 0 Å². The lowest BCUT2D eigenvalue weighted by Gasteiger charge is -2.08. The first-order valence-corrected chi connectivity index (χ1v) is 9.38. The zero-order valence-corrected chi connectivity index (χ0v) is 14.4. The minimum atomic E-state index is -3.20. The number of imidazole rings is 1. The summed E-state index contributed by atoms with van der Waals surface area (Å²) in [4.78, 5) is 4.36. The smallest absolute Gasteiger partial charge is 0.208 e. The number of halogens is 3. The van der Waals surface area contributed by atoms with Crippen LogP contribution in [0.2, 0.25) is 0 Å². The van der Waals surface area contributed by atoms with Gasteiger partial charge >= 0.3 is 0 Å². The first-order valence-electron chi connectivity index (χ1n) is 6.16. The summed E-state index contributed by atoms with van der Waals surface area (Å²) in [5.41, 5.74) is 1.29. The van der Waals surface area contributed by atoms with E-state index in [9.17, 15) is 12.8 Å². The highest BCUT2D eigenvalue weighted by molar-refractivity contribution is 9.10. The van der Waals surface area contributed by atoms with Crippen LogP contribution in [-0.2, 0) is 22.4 Å². The van der Waals surface area contributed by atoms with E-state index in [0.29, 0.717) is 40.8 Å². The Morgan fingerprint density at radius 1 is 1.48 bits per heavy atom. The summed E-state index contributed by atoms with van der Waals surface area (Å²) in [6, 6.07) is 3.00. The monoisotopic (exact) mass is 397 g/mol. The van der Waals surface area contributed by atoms with Crippen molar-refractivity contribution in [3.05, 3.63) is 28.2 Å². The van der Waals surface area contributed by atoms with E-state index in [2.05, 4.69) is 25.6 Å². The predicted molar refractivity (Wildman–Crippen MR) is 84.4 cm³/mol. The fourth-order valence-corrected chi connectivity index (χ4v) is 3.07. The summed E-state index contributed by atoms with van der Waals surface area (Å²) in [5.74, 6) is 0.454. The number of hydrogen-bond acceptors (Lipinski definition) is 3. The molecule has 9 heteroatoms. The summed E-state index contributed by atoms with van der Waals surface area (Å²) in [6.07, 6.45) is 1.66. The maximum atomic E-state index is 13.7. The maximum absolute atomic E-state index is 13.7. The molecular formula is C12H14BrClFN3O2S. The molecule has 0 saturated carbocycles. The third-order valence-electron chi connectivity index (χ3n) is 2.91. The van der Waals surface area contributed by atoms with Crippen LogP contribution in [0, 0.1) is 5.82 Å². The molecule has 116 valence electrons. The number of alkyl halides is 1. The van der Waals surface area contributed by atoms with Crippen molar-refractivity contribution in [2.45, 2.75) is 18.8 Å². The van der Waals surface area contributed by atoms with Crippen molar-refractivity contribution < 1.29 is 12.8 Å². The predicted octanol–water partition coefficient (Wildman–Crippen LogP) is 2.62. The average molecular weight is 399 g/mol. The molecular weight excluding hydrogens is 385 g/mol. The Bertz CT molecular complexity index is 763. The van der Waals surface area contributed by atoms with E-state index in [4.69, 9.17) is 11.6 Å². The number of fused-ring (bicyclic) bond motifs is 1. The van der Waals surface area contributed by atoms with E-state index in [1.807, 2.05) is 4.57 Å². The van der Waals surface area contributed by atoms with Gasteiger partial charge in [-0.3, -0.25) is 0 Å².